The van der Waals surface area contributed by atoms with E-state index in [9.17, 15) is 4.79 Å². The standard InChI is InChI=1S/C13H12N2OS/c1-2-11(16)10-5-3-4-6-12(10)17-13-7-8-14-9-15-13/h3-9H,2H2,1H3. The predicted molar refractivity (Wildman–Crippen MR) is 67.2 cm³/mol. The highest BCUT2D eigenvalue weighted by Crippen LogP contribution is 2.29. The smallest absolute Gasteiger partial charge is 0.163 e. The SMILES string of the molecule is CCC(=O)c1ccccc1Sc1ccncn1. The van der Waals surface area contributed by atoms with Gasteiger partial charge in [-0.1, -0.05) is 36.9 Å². The summed E-state index contributed by atoms with van der Waals surface area (Å²) in [7, 11) is 0. The molecule has 4 heteroatoms. The van der Waals surface area contributed by atoms with E-state index in [1.807, 2.05) is 37.3 Å². The van der Waals surface area contributed by atoms with Crippen LogP contribution < -0.4 is 0 Å². The van der Waals surface area contributed by atoms with Gasteiger partial charge in [0.2, 0.25) is 0 Å². The Labute approximate surface area is 104 Å². The lowest BCUT2D eigenvalue weighted by Crippen LogP contribution is -1.98. The molecule has 3 nitrogen and oxygen atoms in total. The highest BCUT2D eigenvalue weighted by atomic mass is 32.2. The number of hydrogen-bond acceptors (Lipinski definition) is 4. The molecule has 0 fully saturated rings. The minimum absolute atomic E-state index is 0.155. The maximum Gasteiger partial charge on any atom is 0.163 e. The zero-order chi connectivity index (χ0) is 12.1. The van der Waals surface area contributed by atoms with Gasteiger partial charge in [-0.3, -0.25) is 4.79 Å². The molecule has 0 aliphatic heterocycles. The number of Topliss-reactive ketones (excluding diaryl/α,β-unsaturated/α-hetero) is 1. The third-order valence-corrected chi connectivity index (χ3v) is 3.30. The first-order chi connectivity index (χ1) is 8.31. The van der Waals surface area contributed by atoms with Gasteiger partial charge in [0.15, 0.2) is 5.78 Å². The average Bonchev–Trinajstić information content (AvgIpc) is 2.40. The molecule has 1 aromatic heterocycles. The van der Waals surface area contributed by atoms with Crippen LogP contribution in [0.25, 0.3) is 0 Å². The third-order valence-electron chi connectivity index (χ3n) is 2.28. The van der Waals surface area contributed by atoms with Crippen LogP contribution in [0, 0.1) is 0 Å². The van der Waals surface area contributed by atoms with Crippen LogP contribution in [0.1, 0.15) is 23.7 Å². The van der Waals surface area contributed by atoms with Crippen molar-refractivity contribution in [3.63, 3.8) is 0 Å². The van der Waals surface area contributed by atoms with Crippen molar-refractivity contribution in [2.75, 3.05) is 0 Å². The first-order valence-corrected chi connectivity index (χ1v) is 6.19. The summed E-state index contributed by atoms with van der Waals surface area (Å²) in [4.78, 5) is 20.7. The highest BCUT2D eigenvalue weighted by Gasteiger charge is 2.10. The predicted octanol–water partition coefficient (Wildman–Crippen LogP) is 3.22. The maximum absolute atomic E-state index is 11.8. The number of aromatic nitrogens is 2. The Bertz CT molecular complexity index is 514. The van der Waals surface area contributed by atoms with Crippen LogP contribution in [-0.2, 0) is 0 Å². The summed E-state index contributed by atoms with van der Waals surface area (Å²) in [5.74, 6) is 0.155. The van der Waals surface area contributed by atoms with Crippen LogP contribution in [0.5, 0.6) is 0 Å². The van der Waals surface area contributed by atoms with Crippen LogP contribution in [0.15, 0.2) is 52.8 Å². The van der Waals surface area contributed by atoms with Gasteiger partial charge in [0.1, 0.15) is 11.4 Å². The number of ketones is 1. The minimum Gasteiger partial charge on any atom is -0.294 e. The van der Waals surface area contributed by atoms with Gasteiger partial charge in [-0.2, -0.15) is 0 Å². The van der Waals surface area contributed by atoms with Crippen molar-refractivity contribution in [2.24, 2.45) is 0 Å². The summed E-state index contributed by atoms with van der Waals surface area (Å²) in [5.41, 5.74) is 0.763. The van der Waals surface area contributed by atoms with Crippen molar-refractivity contribution < 1.29 is 4.79 Å². The van der Waals surface area contributed by atoms with E-state index in [0.29, 0.717) is 6.42 Å². The lowest BCUT2D eigenvalue weighted by molar-refractivity contribution is 0.0985. The lowest BCUT2D eigenvalue weighted by atomic mass is 10.1. The van der Waals surface area contributed by atoms with Crippen LogP contribution >= 0.6 is 11.8 Å². The molecule has 0 saturated heterocycles. The summed E-state index contributed by atoms with van der Waals surface area (Å²) in [6.07, 6.45) is 3.72. The molecule has 0 amide bonds. The molecule has 0 unspecified atom stereocenters. The Hall–Kier alpha value is -1.68. The van der Waals surface area contributed by atoms with E-state index in [4.69, 9.17) is 0 Å². The molecule has 1 aromatic carbocycles. The molecule has 86 valence electrons. The Kier molecular flexibility index (Phi) is 3.88. The average molecular weight is 244 g/mol. The zero-order valence-corrected chi connectivity index (χ0v) is 10.3. The molecule has 17 heavy (non-hydrogen) atoms. The molecule has 0 spiro atoms. The number of rotatable bonds is 4. The van der Waals surface area contributed by atoms with E-state index < -0.39 is 0 Å². The zero-order valence-electron chi connectivity index (χ0n) is 9.46. The van der Waals surface area contributed by atoms with Gasteiger partial charge in [0.05, 0.1) is 0 Å². The van der Waals surface area contributed by atoms with Crippen LogP contribution in [0.2, 0.25) is 0 Å². The first kappa shape index (κ1) is 11.8. The second kappa shape index (κ2) is 5.59. The van der Waals surface area contributed by atoms with E-state index in [1.54, 1.807) is 6.20 Å². The largest absolute Gasteiger partial charge is 0.294 e. The number of benzene rings is 1. The Morgan fingerprint density at radius 2 is 2.12 bits per heavy atom. The van der Waals surface area contributed by atoms with Gasteiger partial charge in [-0.25, -0.2) is 9.97 Å². The normalized spacial score (nSPS) is 10.2. The van der Waals surface area contributed by atoms with Crippen molar-refractivity contribution in [1.29, 1.82) is 0 Å². The quantitative estimate of drug-likeness (QED) is 0.611. The van der Waals surface area contributed by atoms with Gasteiger partial charge >= 0.3 is 0 Å². The van der Waals surface area contributed by atoms with E-state index >= 15 is 0 Å². The van der Waals surface area contributed by atoms with Gasteiger partial charge in [-0.15, -0.1) is 0 Å². The maximum atomic E-state index is 11.8. The van der Waals surface area contributed by atoms with E-state index in [1.165, 1.54) is 18.1 Å². The van der Waals surface area contributed by atoms with Gasteiger partial charge in [-0.05, 0) is 12.1 Å². The van der Waals surface area contributed by atoms with Crippen LogP contribution in [0.3, 0.4) is 0 Å². The van der Waals surface area contributed by atoms with Gasteiger partial charge in [0, 0.05) is 23.1 Å². The molecule has 0 N–H and O–H groups in total. The second-order valence-corrected chi connectivity index (χ2v) is 4.48. The van der Waals surface area contributed by atoms with Crippen molar-refractivity contribution in [2.45, 2.75) is 23.3 Å². The van der Waals surface area contributed by atoms with Crippen molar-refractivity contribution >= 4 is 17.5 Å². The molecule has 0 aliphatic rings. The monoisotopic (exact) mass is 244 g/mol. The fourth-order valence-corrected chi connectivity index (χ4v) is 2.32. The van der Waals surface area contributed by atoms with E-state index in [-0.39, 0.29) is 5.78 Å². The molecular formula is C13H12N2OS. The van der Waals surface area contributed by atoms with Gasteiger partial charge < -0.3 is 0 Å². The molecule has 2 aromatic rings. The summed E-state index contributed by atoms with van der Waals surface area (Å²) in [6, 6.07) is 9.44. The molecule has 2 rings (SSSR count). The fourth-order valence-electron chi connectivity index (χ4n) is 1.43. The van der Waals surface area contributed by atoms with Crippen molar-refractivity contribution in [1.82, 2.24) is 9.97 Å². The summed E-state index contributed by atoms with van der Waals surface area (Å²) in [5, 5.41) is 0.844. The van der Waals surface area contributed by atoms with Gasteiger partial charge in [0.25, 0.3) is 0 Å². The molecular weight excluding hydrogens is 232 g/mol. The molecule has 0 saturated carbocycles. The number of nitrogens with zero attached hydrogens (tertiary/aromatic N) is 2. The van der Waals surface area contributed by atoms with Crippen molar-refractivity contribution in [3.8, 4) is 0 Å². The third kappa shape index (κ3) is 2.91. The minimum atomic E-state index is 0.155. The number of carbonyl (C=O) groups is 1. The molecule has 0 atom stereocenters. The highest BCUT2D eigenvalue weighted by molar-refractivity contribution is 7.99. The van der Waals surface area contributed by atoms with Crippen LogP contribution in [0.4, 0.5) is 0 Å². The molecule has 1 heterocycles. The number of hydrogen-bond donors (Lipinski definition) is 0. The topological polar surface area (TPSA) is 42.9 Å². The fraction of sp³-hybridized carbons (Fsp3) is 0.154. The molecule has 0 radical (unpaired) electrons. The first-order valence-electron chi connectivity index (χ1n) is 5.37. The number of carbonyl (C=O) groups excluding carboxylic acids is 1. The van der Waals surface area contributed by atoms with Crippen molar-refractivity contribution in [3.05, 3.63) is 48.4 Å². The summed E-state index contributed by atoms with van der Waals surface area (Å²) >= 11 is 1.49. The molecule has 0 bridgehead atoms. The molecule has 0 aliphatic carbocycles. The summed E-state index contributed by atoms with van der Waals surface area (Å²) in [6.45, 7) is 1.87. The van der Waals surface area contributed by atoms with E-state index in [2.05, 4.69) is 9.97 Å². The summed E-state index contributed by atoms with van der Waals surface area (Å²) < 4.78 is 0. The Morgan fingerprint density at radius 1 is 1.29 bits per heavy atom. The van der Waals surface area contributed by atoms with Crippen LogP contribution in [-0.4, -0.2) is 15.8 Å². The van der Waals surface area contributed by atoms with E-state index in [0.717, 1.165) is 15.5 Å². The lowest BCUT2D eigenvalue weighted by Gasteiger charge is -2.06. The Morgan fingerprint density at radius 3 is 2.82 bits per heavy atom. The Balaban J connectivity index is 2.30. The second-order valence-electron chi connectivity index (χ2n) is 3.42.